The van der Waals surface area contributed by atoms with E-state index in [0.29, 0.717) is 0 Å². The minimum absolute atomic E-state index is 0.234. The molecule has 0 heterocycles. The average molecular weight is 1120 g/mol. The predicted octanol–water partition coefficient (Wildman–Crippen LogP) is 24.4. The smallest absolute Gasteiger partial charge is 0.0159 e. The highest BCUT2D eigenvalue weighted by Crippen LogP contribution is 2.59. The summed E-state index contributed by atoms with van der Waals surface area (Å²) in [5.74, 6) is 0. The Labute approximate surface area is 513 Å². The first kappa shape index (κ1) is 50.6. The second-order valence-electron chi connectivity index (χ2n) is 25.7. The van der Waals surface area contributed by atoms with Crippen molar-refractivity contribution in [2.75, 3.05) is 0 Å². The molecule has 2 aliphatic rings. The van der Waals surface area contributed by atoms with E-state index >= 15 is 0 Å². The Hall–Kier alpha value is -10.7. The molecule has 0 saturated heterocycles. The third-order valence-corrected chi connectivity index (χ3v) is 20.5. The molecule has 2 aliphatic carbocycles. The SMILES string of the molecule is CC1(C)c2cc(-c3c4ccccc4c(-c4ccccc4-c4cccc5ccccc45)c4ccccc34)ccc2-c2c1ccc1c3c(ccc21)C(C)(C)c1cc(-c2c4ccccc4c(-c4ccccc4-c4cccc5ccccc45)c4ccccc24)ccc1-3. The Kier molecular flexibility index (Phi) is 10.9. The van der Waals surface area contributed by atoms with Crippen molar-refractivity contribution in [1.29, 1.82) is 0 Å². The van der Waals surface area contributed by atoms with Gasteiger partial charge in [-0.3, -0.25) is 0 Å². The van der Waals surface area contributed by atoms with Crippen LogP contribution in [0.2, 0.25) is 0 Å². The number of fused-ring (bicyclic) bond motifs is 15. The van der Waals surface area contributed by atoms with E-state index in [1.807, 2.05) is 0 Å². The van der Waals surface area contributed by atoms with Crippen LogP contribution < -0.4 is 0 Å². The highest BCUT2D eigenvalue weighted by Gasteiger charge is 2.41. The lowest BCUT2D eigenvalue weighted by Crippen LogP contribution is -2.15. The molecule has 0 atom stereocenters. The summed E-state index contributed by atoms with van der Waals surface area (Å²) >= 11 is 0. The number of hydrogen-bond acceptors (Lipinski definition) is 0. The van der Waals surface area contributed by atoms with Gasteiger partial charge in [0.2, 0.25) is 0 Å². The summed E-state index contributed by atoms with van der Waals surface area (Å²) in [5.41, 5.74) is 25.6. The molecular formula is C88H60. The maximum atomic E-state index is 2.54. The molecule has 0 spiro atoms. The predicted molar refractivity (Wildman–Crippen MR) is 377 cm³/mol. The maximum Gasteiger partial charge on any atom is 0.0159 e. The molecule has 0 aromatic heterocycles. The first-order chi connectivity index (χ1) is 43.2. The Morgan fingerprint density at radius 1 is 0.170 bits per heavy atom. The maximum absolute atomic E-state index is 2.54. The third kappa shape index (κ3) is 7.15. The largest absolute Gasteiger partial charge is 0.0616 e. The fourth-order valence-electron chi connectivity index (χ4n) is 16.4. The second kappa shape index (κ2) is 18.9. The Morgan fingerprint density at radius 3 is 0.807 bits per heavy atom. The van der Waals surface area contributed by atoms with Crippen LogP contribution in [0.4, 0.5) is 0 Å². The molecule has 0 fully saturated rings. The van der Waals surface area contributed by atoms with Gasteiger partial charge in [-0.2, -0.15) is 0 Å². The van der Waals surface area contributed by atoms with Crippen LogP contribution >= 0.6 is 0 Å². The van der Waals surface area contributed by atoms with Crippen molar-refractivity contribution < 1.29 is 0 Å². The molecule has 0 saturated carbocycles. The molecule has 0 bridgehead atoms. The van der Waals surface area contributed by atoms with Crippen molar-refractivity contribution in [3.63, 3.8) is 0 Å². The zero-order chi connectivity index (χ0) is 58.6. The van der Waals surface area contributed by atoms with Gasteiger partial charge in [0.05, 0.1) is 0 Å². The summed E-state index contributed by atoms with van der Waals surface area (Å²) in [7, 11) is 0. The van der Waals surface area contributed by atoms with Crippen LogP contribution in [0.5, 0.6) is 0 Å². The molecule has 16 aromatic rings. The highest BCUT2D eigenvalue weighted by atomic mass is 14.4. The van der Waals surface area contributed by atoms with Crippen molar-refractivity contribution in [1.82, 2.24) is 0 Å². The lowest BCUT2D eigenvalue weighted by atomic mass is 9.79. The van der Waals surface area contributed by atoms with E-state index in [-0.39, 0.29) is 10.8 Å². The topological polar surface area (TPSA) is 0 Å². The van der Waals surface area contributed by atoms with Crippen LogP contribution in [0.15, 0.2) is 291 Å². The van der Waals surface area contributed by atoms with Crippen molar-refractivity contribution >= 4 is 75.4 Å². The van der Waals surface area contributed by atoms with E-state index in [1.165, 1.54) is 187 Å². The Morgan fingerprint density at radius 2 is 0.443 bits per heavy atom. The normalized spacial score (nSPS) is 13.6. The molecule has 0 unspecified atom stereocenters. The molecule has 0 amide bonds. The fourth-order valence-corrected chi connectivity index (χ4v) is 16.4. The Balaban J connectivity index is 0.772. The van der Waals surface area contributed by atoms with Gasteiger partial charge in [0.25, 0.3) is 0 Å². The van der Waals surface area contributed by atoms with Gasteiger partial charge < -0.3 is 0 Å². The second-order valence-corrected chi connectivity index (χ2v) is 25.7. The summed E-state index contributed by atoms with van der Waals surface area (Å²) in [6.45, 7) is 9.75. The van der Waals surface area contributed by atoms with Gasteiger partial charge in [0.1, 0.15) is 0 Å². The number of benzene rings is 16. The van der Waals surface area contributed by atoms with Gasteiger partial charge in [-0.05, 0) is 199 Å². The van der Waals surface area contributed by atoms with E-state index in [9.17, 15) is 0 Å². The van der Waals surface area contributed by atoms with Crippen molar-refractivity contribution in [3.05, 3.63) is 313 Å². The minimum atomic E-state index is -0.234. The van der Waals surface area contributed by atoms with Gasteiger partial charge in [0, 0.05) is 10.8 Å². The monoisotopic (exact) mass is 1120 g/mol. The van der Waals surface area contributed by atoms with E-state index in [1.54, 1.807) is 0 Å². The molecule has 412 valence electrons. The lowest BCUT2D eigenvalue weighted by Gasteiger charge is -2.24. The summed E-state index contributed by atoms with van der Waals surface area (Å²) in [4.78, 5) is 0. The molecule has 0 heteroatoms. The average Bonchev–Trinajstić information content (AvgIpc) is 1.74. The van der Waals surface area contributed by atoms with Gasteiger partial charge >= 0.3 is 0 Å². The van der Waals surface area contributed by atoms with Crippen molar-refractivity contribution in [3.8, 4) is 89.0 Å². The first-order valence-corrected chi connectivity index (χ1v) is 31.2. The van der Waals surface area contributed by atoms with Gasteiger partial charge in [-0.15, -0.1) is 0 Å². The zero-order valence-electron chi connectivity index (χ0n) is 49.7. The molecular weight excluding hydrogens is 1060 g/mol. The molecule has 0 aliphatic heterocycles. The van der Waals surface area contributed by atoms with E-state index < -0.39 is 0 Å². The first-order valence-electron chi connectivity index (χ1n) is 31.2. The number of rotatable bonds is 6. The lowest BCUT2D eigenvalue weighted by molar-refractivity contribution is 0.660. The Bertz CT molecular complexity index is 5210. The summed E-state index contributed by atoms with van der Waals surface area (Å²) < 4.78 is 0. The van der Waals surface area contributed by atoms with Crippen LogP contribution in [-0.4, -0.2) is 0 Å². The van der Waals surface area contributed by atoms with Crippen molar-refractivity contribution in [2.45, 2.75) is 38.5 Å². The molecule has 0 nitrogen and oxygen atoms in total. The fraction of sp³-hybridized carbons (Fsp3) is 0.0682. The van der Waals surface area contributed by atoms with Crippen molar-refractivity contribution in [2.24, 2.45) is 0 Å². The third-order valence-electron chi connectivity index (χ3n) is 20.5. The van der Waals surface area contributed by atoms with Crippen LogP contribution in [-0.2, 0) is 10.8 Å². The number of hydrogen-bond donors (Lipinski definition) is 0. The zero-order valence-corrected chi connectivity index (χ0v) is 49.7. The molecule has 0 N–H and O–H groups in total. The molecule has 18 rings (SSSR count). The molecule has 0 radical (unpaired) electrons. The van der Waals surface area contributed by atoms with Crippen LogP contribution in [0, 0.1) is 0 Å². The quantitative estimate of drug-likeness (QED) is 0.146. The van der Waals surface area contributed by atoms with Crippen LogP contribution in [0.1, 0.15) is 49.9 Å². The molecule has 88 heavy (non-hydrogen) atoms. The van der Waals surface area contributed by atoms with Gasteiger partial charge in [-0.1, -0.05) is 307 Å². The minimum Gasteiger partial charge on any atom is -0.0616 e. The van der Waals surface area contributed by atoms with Gasteiger partial charge in [0.15, 0.2) is 0 Å². The van der Waals surface area contributed by atoms with E-state index in [4.69, 9.17) is 0 Å². The summed E-state index contributed by atoms with van der Waals surface area (Å²) in [6.07, 6.45) is 0. The summed E-state index contributed by atoms with van der Waals surface area (Å²) in [6, 6.07) is 110. The van der Waals surface area contributed by atoms with Crippen LogP contribution in [0.25, 0.3) is 164 Å². The van der Waals surface area contributed by atoms with E-state index in [2.05, 4.69) is 319 Å². The summed E-state index contributed by atoms with van der Waals surface area (Å²) in [5, 5.41) is 17.8. The van der Waals surface area contributed by atoms with E-state index in [0.717, 1.165) is 0 Å². The highest BCUT2D eigenvalue weighted by molar-refractivity contribution is 6.25. The standard InChI is InChI=1S/C88H60/c1-87(2)77-49-47-74-73(85(77)75-45-43-55(51-79(75)87)81-65-33-13-17-37-69(65)83(70-38-18-14-34-66(70)81)63-31-11-9-29-61(63)59-41-21-25-53-23-5-7-27-57(53)59)48-50-78-86(74)76-46-44-56(52-80(76)88(78,3)4)82-67-35-15-19-39-71(67)84(72-40-20-16-36-68(72)82)64-32-12-10-30-62(64)60-42-22-26-54-24-6-8-28-58(54)60/h5-52H,1-4H3. The van der Waals surface area contributed by atoms with Crippen LogP contribution in [0.3, 0.4) is 0 Å². The van der Waals surface area contributed by atoms with Gasteiger partial charge in [-0.25, -0.2) is 0 Å². The molecule has 16 aromatic carbocycles.